The lowest BCUT2D eigenvalue weighted by Gasteiger charge is -2.11. The Labute approximate surface area is 100 Å². The normalized spacial score (nSPS) is 11.1. The number of alkyl halides is 3. The molecule has 5 nitrogen and oxygen atoms in total. The van der Waals surface area contributed by atoms with E-state index in [1.807, 2.05) is 0 Å². The van der Waals surface area contributed by atoms with Crippen molar-refractivity contribution >= 4 is 5.69 Å². The van der Waals surface area contributed by atoms with Gasteiger partial charge in [0.2, 0.25) is 0 Å². The molecule has 0 saturated heterocycles. The summed E-state index contributed by atoms with van der Waals surface area (Å²) in [4.78, 5) is 9.85. The summed E-state index contributed by atoms with van der Waals surface area (Å²) >= 11 is 0. The Bertz CT molecular complexity index is 434. The third kappa shape index (κ3) is 4.11. The van der Waals surface area contributed by atoms with Gasteiger partial charge in [0.1, 0.15) is 0 Å². The summed E-state index contributed by atoms with van der Waals surface area (Å²) in [6.45, 7) is -0.572. The summed E-state index contributed by atoms with van der Waals surface area (Å²) in [6, 6.07) is 3.42. The van der Waals surface area contributed by atoms with Crippen LogP contribution in [0.1, 0.15) is 6.42 Å². The molecule has 0 aromatic heterocycles. The smallest absolute Gasteiger partial charge is 0.392 e. The lowest BCUT2D eigenvalue weighted by atomic mass is 10.3. The highest BCUT2D eigenvalue weighted by atomic mass is 19.4. The van der Waals surface area contributed by atoms with E-state index in [0.29, 0.717) is 0 Å². The van der Waals surface area contributed by atoms with Gasteiger partial charge in [0.15, 0.2) is 11.5 Å². The number of benzene rings is 1. The standard InChI is InChI=1S/C10H10F3NO4/c1-17-9-6-7(14(15)16)2-3-8(9)18-5-4-10(11,12)13/h2-3,6H,4-5H2,1H3. The van der Waals surface area contributed by atoms with E-state index in [-0.39, 0.29) is 17.2 Å². The molecular weight excluding hydrogens is 255 g/mol. The van der Waals surface area contributed by atoms with E-state index in [2.05, 4.69) is 0 Å². The number of ether oxygens (including phenoxy) is 2. The zero-order valence-corrected chi connectivity index (χ0v) is 9.36. The van der Waals surface area contributed by atoms with Gasteiger partial charge in [-0.1, -0.05) is 0 Å². The van der Waals surface area contributed by atoms with Gasteiger partial charge in [0.05, 0.1) is 31.1 Å². The average molecular weight is 265 g/mol. The minimum Gasteiger partial charge on any atom is -0.493 e. The van der Waals surface area contributed by atoms with E-state index in [0.717, 1.165) is 12.1 Å². The Morgan fingerprint density at radius 3 is 2.50 bits per heavy atom. The van der Waals surface area contributed by atoms with Crippen molar-refractivity contribution in [3.05, 3.63) is 28.3 Å². The number of nitro benzene ring substituents is 1. The Balaban J connectivity index is 2.74. The first kappa shape index (κ1) is 14.1. The number of hydrogen-bond donors (Lipinski definition) is 0. The Hall–Kier alpha value is -1.99. The summed E-state index contributed by atoms with van der Waals surface area (Å²) in [5.41, 5.74) is -0.227. The van der Waals surface area contributed by atoms with Crippen molar-refractivity contribution in [1.29, 1.82) is 0 Å². The third-order valence-electron chi connectivity index (χ3n) is 2.00. The summed E-state index contributed by atoms with van der Waals surface area (Å²) in [5, 5.41) is 10.5. The van der Waals surface area contributed by atoms with Gasteiger partial charge in [-0.25, -0.2) is 0 Å². The van der Waals surface area contributed by atoms with E-state index in [4.69, 9.17) is 9.47 Å². The van der Waals surface area contributed by atoms with Crippen LogP contribution in [0.25, 0.3) is 0 Å². The van der Waals surface area contributed by atoms with Crippen molar-refractivity contribution in [2.24, 2.45) is 0 Å². The van der Waals surface area contributed by atoms with Crippen molar-refractivity contribution in [3.8, 4) is 11.5 Å². The minimum absolute atomic E-state index is 0.0198. The molecule has 0 bridgehead atoms. The fourth-order valence-electron chi connectivity index (χ4n) is 1.17. The highest BCUT2D eigenvalue weighted by Gasteiger charge is 2.27. The molecule has 0 saturated carbocycles. The van der Waals surface area contributed by atoms with Crippen molar-refractivity contribution < 1.29 is 27.6 Å². The van der Waals surface area contributed by atoms with Gasteiger partial charge in [-0.05, 0) is 6.07 Å². The van der Waals surface area contributed by atoms with Crippen LogP contribution in [0.5, 0.6) is 11.5 Å². The molecule has 0 fully saturated rings. The molecule has 18 heavy (non-hydrogen) atoms. The van der Waals surface area contributed by atoms with Crippen LogP contribution in [0.15, 0.2) is 18.2 Å². The van der Waals surface area contributed by atoms with E-state index in [1.165, 1.54) is 13.2 Å². The van der Waals surface area contributed by atoms with Crippen LogP contribution in [0.4, 0.5) is 18.9 Å². The predicted octanol–water partition coefficient (Wildman–Crippen LogP) is 2.93. The quantitative estimate of drug-likeness (QED) is 0.606. The summed E-state index contributed by atoms with van der Waals surface area (Å²) in [6.07, 6.45) is -5.42. The largest absolute Gasteiger partial charge is 0.493 e. The van der Waals surface area contributed by atoms with Crippen LogP contribution in [0, 0.1) is 10.1 Å². The van der Waals surface area contributed by atoms with E-state index in [9.17, 15) is 23.3 Å². The molecule has 0 N–H and O–H groups in total. The number of nitro groups is 1. The first-order chi connectivity index (χ1) is 8.33. The fraction of sp³-hybridized carbons (Fsp3) is 0.400. The van der Waals surface area contributed by atoms with Crippen LogP contribution in [-0.4, -0.2) is 24.8 Å². The van der Waals surface area contributed by atoms with E-state index in [1.54, 1.807) is 0 Å². The van der Waals surface area contributed by atoms with Crippen LogP contribution >= 0.6 is 0 Å². The molecule has 0 aliphatic carbocycles. The van der Waals surface area contributed by atoms with Gasteiger partial charge in [-0.2, -0.15) is 13.2 Å². The number of methoxy groups -OCH3 is 1. The van der Waals surface area contributed by atoms with Gasteiger partial charge in [-0.15, -0.1) is 0 Å². The van der Waals surface area contributed by atoms with Crippen molar-refractivity contribution in [1.82, 2.24) is 0 Å². The molecule has 0 aliphatic rings. The zero-order chi connectivity index (χ0) is 13.8. The van der Waals surface area contributed by atoms with Gasteiger partial charge in [0.25, 0.3) is 5.69 Å². The van der Waals surface area contributed by atoms with E-state index >= 15 is 0 Å². The molecule has 1 rings (SSSR count). The topological polar surface area (TPSA) is 61.6 Å². The molecule has 100 valence electrons. The number of non-ortho nitro benzene ring substituents is 1. The SMILES string of the molecule is COc1cc([N+](=O)[O-])ccc1OCCC(F)(F)F. The summed E-state index contributed by atoms with van der Waals surface area (Å²) in [5.74, 6) is 0.0544. The average Bonchev–Trinajstić information content (AvgIpc) is 2.27. The Kier molecular flexibility index (Phi) is 4.35. The number of hydrogen-bond acceptors (Lipinski definition) is 4. The first-order valence-electron chi connectivity index (χ1n) is 4.85. The lowest BCUT2D eigenvalue weighted by molar-refractivity contribution is -0.385. The highest BCUT2D eigenvalue weighted by Crippen LogP contribution is 2.31. The number of rotatable bonds is 5. The predicted molar refractivity (Wildman–Crippen MR) is 55.8 cm³/mol. The molecule has 0 aliphatic heterocycles. The molecule has 1 aromatic carbocycles. The molecular formula is C10H10F3NO4. The fourth-order valence-corrected chi connectivity index (χ4v) is 1.17. The molecule has 0 atom stereocenters. The van der Waals surface area contributed by atoms with Crippen molar-refractivity contribution in [2.75, 3.05) is 13.7 Å². The lowest BCUT2D eigenvalue weighted by Crippen LogP contribution is -2.13. The molecule has 0 amide bonds. The summed E-state index contributed by atoms with van der Waals surface area (Å²) in [7, 11) is 1.25. The van der Waals surface area contributed by atoms with Crippen LogP contribution in [0.3, 0.4) is 0 Å². The van der Waals surface area contributed by atoms with E-state index < -0.39 is 24.1 Å². The number of nitrogens with zero attached hydrogens (tertiary/aromatic N) is 1. The first-order valence-corrected chi connectivity index (χ1v) is 4.85. The monoisotopic (exact) mass is 265 g/mol. The molecule has 1 aromatic rings. The van der Waals surface area contributed by atoms with Gasteiger partial charge >= 0.3 is 6.18 Å². The van der Waals surface area contributed by atoms with Crippen molar-refractivity contribution in [3.63, 3.8) is 0 Å². The number of halogens is 3. The second kappa shape index (κ2) is 5.56. The summed E-state index contributed by atoms with van der Waals surface area (Å²) < 4.78 is 45.4. The second-order valence-corrected chi connectivity index (χ2v) is 3.31. The third-order valence-corrected chi connectivity index (χ3v) is 2.00. The zero-order valence-electron chi connectivity index (χ0n) is 9.36. The molecule has 0 heterocycles. The molecule has 8 heteroatoms. The Morgan fingerprint density at radius 2 is 2.00 bits per heavy atom. The maximum atomic E-state index is 11.9. The highest BCUT2D eigenvalue weighted by molar-refractivity contribution is 5.48. The van der Waals surface area contributed by atoms with Crippen LogP contribution in [0.2, 0.25) is 0 Å². The van der Waals surface area contributed by atoms with Gasteiger partial charge < -0.3 is 9.47 Å². The second-order valence-electron chi connectivity index (χ2n) is 3.31. The van der Waals surface area contributed by atoms with Gasteiger partial charge in [-0.3, -0.25) is 10.1 Å². The molecule has 0 radical (unpaired) electrons. The maximum Gasteiger partial charge on any atom is 0.392 e. The van der Waals surface area contributed by atoms with Crippen LogP contribution < -0.4 is 9.47 Å². The Morgan fingerprint density at radius 1 is 1.33 bits per heavy atom. The van der Waals surface area contributed by atoms with Crippen molar-refractivity contribution in [2.45, 2.75) is 12.6 Å². The molecule has 0 spiro atoms. The maximum absolute atomic E-state index is 11.9. The van der Waals surface area contributed by atoms with Gasteiger partial charge in [0, 0.05) is 6.07 Å². The minimum atomic E-state index is -4.31. The molecule has 0 unspecified atom stereocenters. The van der Waals surface area contributed by atoms with Crippen LogP contribution in [-0.2, 0) is 0 Å².